The first-order valence-corrected chi connectivity index (χ1v) is 8.18. The van der Waals surface area contributed by atoms with E-state index >= 15 is 0 Å². The molecule has 0 bridgehead atoms. The molecule has 0 saturated heterocycles. The number of ether oxygens (including phenoxy) is 1. The molecular formula is C21H18ClNO. The van der Waals surface area contributed by atoms with Gasteiger partial charge in [-0.15, -0.1) is 0 Å². The van der Waals surface area contributed by atoms with Gasteiger partial charge in [-0.2, -0.15) is 0 Å². The van der Waals surface area contributed by atoms with E-state index in [0.29, 0.717) is 23.8 Å². The van der Waals surface area contributed by atoms with Gasteiger partial charge >= 0.3 is 0 Å². The van der Waals surface area contributed by atoms with Gasteiger partial charge in [0.15, 0.2) is 0 Å². The zero-order chi connectivity index (χ0) is 16.8. The molecule has 0 fully saturated rings. The van der Waals surface area contributed by atoms with Crippen LogP contribution in [-0.4, -0.2) is 5.71 Å². The van der Waals surface area contributed by atoms with Crippen molar-refractivity contribution in [3.63, 3.8) is 0 Å². The van der Waals surface area contributed by atoms with E-state index < -0.39 is 0 Å². The predicted molar refractivity (Wildman–Crippen MR) is 99.2 cm³/mol. The summed E-state index contributed by atoms with van der Waals surface area (Å²) in [6, 6.07) is 25.3. The molecule has 0 spiro atoms. The fourth-order valence-electron chi connectivity index (χ4n) is 2.45. The second kappa shape index (κ2) is 7.80. The third kappa shape index (κ3) is 4.24. The van der Waals surface area contributed by atoms with Crippen molar-refractivity contribution in [1.29, 1.82) is 5.41 Å². The van der Waals surface area contributed by atoms with E-state index in [1.165, 1.54) is 0 Å². The summed E-state index contributed by atoms with van der Waals surface area (Å²) < 4.78 is 5.83. The number of benzene rings is 3. The molecule has 0 heterocycles. The van der Waals surface area contributed by atoms with Crippen LogP contribution in [0.4, 0.5) is 0 Å². The Bertz CT molecular complexity index is 830. The summed E-state index contributed by atoms with van der Waals surface area (Å²) in [5, 5.41) is 9.04. The molecule has 3 heteroatoms. The molecule has 0 unspecified atom stereocenters. The Balaban J connectivity index is 1.68. The normalized spacial score (nSPS) is 10.4. The van der Waals surface area contributed by atoms with Crippen LogP contribution in [0.15, 0.2) is 78.9 Å². The largest absolute Gasteiger partial charge is 0.489 e. The molecule has 0 aliphatic carbocycles. The van der Waals surface area contributed by atoms with Gasteiger partial charge in [0.25, 0.3) is 0 Å². The van der Waals surface area contributed by atoms with Crippen LogP contribution in [0.2, 0.25) is 5.02 Å². The summed E-state index contributed by atoms with van der Waals surface area (Å²) in [7, 11) is 0. The summed E-state index contributed by atoms with van der Waals surface area (Å²) in [5.41, 5.74) is 3.45. The number of rotatable bonds is 6. The predicted octanol–water partition coefficient (Wildman–Crippen LogP) is 5.53. The zero-order valence-corrected chi connectivity index (χ0v) is 14.0. The van der Waals surface area contributed by atoms with Crippen molar-refractivity contribution in [2.75, 3.05) is 0 Å². The topological polar surface area (TPSA) is 33.1 Å². The monoisotopic (exact) mass is 335 g/mol. The minimum Gasteiger partial charge on any atom is -0.489 e. The highest BCUT2D eigenvalue weighted by molar-refractivity contribution is 6.31. The summed E-state index contributed by atoms with van der Waals surface area (Å²) in [4.78, 5) is 0. The van der Waals surface area contributed by atoms with Gasteiger partial charge in [-0.05, 0) is 34.9 Å². The van der Waals surface area contributed by atoms with Crippen molar-refractivity contribution in [1.82, 2.24) is 0 Å². The van der Waals surface area contributed by atoms with Gasteiger partial charge in [0.1, 0.15) is 12.4 Å². The lowest BCUT2D eigenvalue weighted by Crippen LogP contribution is -2.04. The van der Waals surface area contributed by atoms with Crippen LogP contribution in [-0.2, 0) is 13.0 Å². The van der Waals surface area contributed by atoms with Crippen molar-refractivity contribution in [2.24, 2.45) is 0 Å². The third-order valence-corrected chi connectivity index (χ3v) is 4.12. The molecule has 120 valence electrons. The molecule has 3 aromatic rings. The van der Waals surface area contributed by atoms with E-state index in [0.717, 1.165) is 22.4 Å². The Labute approximate surface area is 147 Å². The Morgan fingerprint density at radius 2 is 1.62 bits per heavy atom. The summed E-state index contributed by atoms with van der Waals surface area (Å²) >= 11 is 6.18. The van der Waals surface area contributed by atoms with Crippen molar-refractivity contribution in [3.8, 4) is 5.75 Å². The van der Waals surface area contributed by atoms with Crippen LogP contribution < -0.4 is 4.74 Å². The van der Waals surface area contributed by atoms with Crippen LogP contribution in [0, 0.1) is 5.41 Å². The Kier molecular flexibility index (Phi) is 5.29. The van der Waals surface area contributed by atoms with Gasteiger partial charge in [0.05, 0.1) is 0 Å². The Morgan fingerprint density at radius 3 is 2.42 bits per heavy atom. The van der Waals surface area contributed by atoms with Crippen LogP contribution in [0.5, 0.6) is 5.75 Å². The first kappa shape index (κ1) is 16.3. The third-order valence-electron chi connectivity index (χ3n) is 3.76. The number of nitrogens with one attached hydrogen (secondary N) is 1. The van der Waals surface area contributed by atoms with Gasteiger partial charge < -0.3 is 10.1 Å². The van der Waals surface area contributed by atoms with Crippen molar-refractivity contribution >= 4 is 17.3 Å². The van der Waals surface area contributed by atoms with Crippen LogP contribution in [0.25, 0.3) is 0 Å². The maximum absolute atomic E-state index is 8.34. The van der Waals surface area contributed by atoms with Gasteiger partial charge in [-0.25, -0.2) is 0 Å². The first-order valence-electron chi connectivity index (χ1n) is 7.80. The van der Waals surface area contributed by atoms with Crippen LogP contribution >= 0.6 is 11.6 Å². The summed E-state index contributed by atoms with van der Waals surface area (Å²) in [6.07, 6.45) is 0.502. The highest BCUT2D eigenvalue weighted by Gasteiger charge is 2.07. The van der Waals surface area contributed by atoms with E-state index in [-0.39, 0.29) is 0 Å². The fourth-order valence-corrected chi connectivity index (χ4v) is 2.65. The molecule has 24 heavy (non-hydrogen) atoms. The summed E-state index contributed by atoms with van der Waals surface area (Å²) in [6.45, 7) is 0.516. The number of hydrogen-bond acceptors (Lipinski definition) is 2. The molecule has 3 rings (SSSR count). The molecule has 3 aromatic carbocycles. The Morgan fingerprint density at radius 1 is 0.875 bits per heavy atom. The highest BCUT2D eigenvalue weighted by atomic mass is 35.5. The zero-order valence-electron chi connectivity index (χ0n) is 13.2. The first-order chi connectivity index (χ1) is 11.7. The molecule has 0 aliphatic heterocycles. The molecule has 0 amide bonds. The van der Waals surface area contributed by atoms with Crippen molar-refractivity contribution in [2.45, 2.75) is 13.0 Å². The molecule has 2 nitrogen and oxygen atoms in total. The second-order valence-corrected chi connectivity index (χ2v) is 5.96. The molecule has 0 atom stereocenters. The second-order valence-electron chi connectivity index (χ2n) is 5.55. The molecule has 0 radical (unpaired) electrons. The van der Waals surface area contributed by atoms with Crippen LogP contribution in [0.3, 0.4) is 0 Å². The highest BCUT2D eigenvalue weighted by Crippen LogP contribution is 2.20. The molecule has 1 N–H and O–H groups in total. The number of hydrogen-bond donors (Lipinski definition) is 1. The molecule has 0 aromatic heterocycles. The standard InChI is InChI=1S/C21H18ClNO/c22-20-12-5-4-9-17(20)14-21(23)18-10-6-11-19(13-18)24-15-16-7-2-1-3-8-16/h1-13,23H,14-15H2. The fraction of sp³-hybridized carbons (Fsp3) is 0.0952. The lowest BCUT2D eigenvalue weighted by Gasteiger charge is -2.10. The van der Waals surface area contributed by atoms with E-state index in [1.54, 1.807) is 0 Å². The van der Waals surface area contributed by atoms with E-state index in [2.05, 4.69) is 0 Å². The quantitative estimate of drug-likeness (QED) is 0.590. The Hall–Kier alpha value is -2.58. The minimum absolute atomic E-state index is 0.502. The van der Waals surface area contributed by atoms with Gasteiger partial charge in [-0.3, -0.25) is 0 Å². The lowest BCUT2D eigenvalue weighted by atomic mass is 10.0. The number of halogens is 1. The minimum atomic E-state index is 0.502. The van der Waals surface area contributed by atoms with Crippen LogP contribution in [0.1, 0.15) is 16.7 Å². The molecule has 0 aliphatic rings. The van der Waals surface area contributed by atoms with E-state index in [9.17, 15) is 0 Å². The van der Waals surface area contributed by atoms with Crippen molar-refractivity contribution in [3.05, 3.63) is 101 Å². The lowest BCUT2D eigenvalue weighted by molar-refractivity contribution is 0.306. The van der Waals surface area contributed by atoms with Crippen molar-refractivity contribution < 1.29 is 4.74 Å². The SMILES string of the molecule is N=C(Cc1ccccc1Cl)c1cccc(OCc2ccccc2)c1. The smallest absolute Gasteiger partial charge is 0.120 e. The average molecular weight is 336 g/mol. The van der Waals surface area contributed by atoms with E-state index in [1.807, 2.05) is 78.9 Å². The van der Waals surface area contributed by atoms with Gasteiger partial charge in [-0.1, -0.05) is 72.3 Å². The maximum Gasteiger partial charge on any atom is 0.120 e. The molecule has 0 saturated carbocycles. The summed E-state index contributed by atoms with van der Waals surface area (Å²) in [5.74, 6) is 0.764. The average Bonchev–Trinajstić information content (AvgIpc) is 2.63. The van der Waals surface area contributed by atoms with E-state index in [4.69, 9.17) is 21.7 Å². The van der Waals surface area contributed by atoms with Gasteiger partial charge in [0.2, 0.25) is 0 Å². The maximum atomic E-state index is 8.34. The van der Waals surface area contributed by atoms with Gasteiger partial charge in [0, 0.05) is 17.2 Å². The molecular weight excluding hydrogens is 318 g/mol.